The van der Waals surface area contributed by atoms with Gasteiger partial charge in [-0.1, -0.05) is 47.1 Å². The Bertz CT molecular complexity index is 966. The van der Waals surface area contributed by atoms with Crippen molar-refractivity contribution in [3.63, 3.8) is 0 Å². The summed E-state index contributed by atoms with van der Waals surface area (Å²) in [5.74, 6) is 1.86. The Hall–Kier alpha value is -3.06. The quantitative estimate of drug-likeness (QED) is 0.525. The van der Waals surface area contributed by atoms with Crippen molar-refractivity contribution in [2.24, 2.45) is 4.99 Å². The number of piperazine rings is 1. The molecule has 150 valence electrons. The van der Waals surface area contributed by atoms with Gasteiger partial charge in [0, 0.05) is 49.5 Å². The summed E-state index contributed by atoms with van der Waals surface area (Å²) in [6.07, 6.45) is 0. The first-order valence-corrected chi connectivity index (χ1v) is 9.95. The van der Waals surface area contributed by atoms with Crippen LogP contribution in [0.3, 0.4) is 0 Å². The van der Waals surface area contributed by atoms with E-state index < -0.39 is 0 Å². The van der Waals surface area contributed by atoms with Crippen LogP contribution in [0.15, 0.2) is 64.1 Å². The monoisotopic (exact) mass is 410 g/mol. The molecule has 0 atom stereocenters. The van der Waals surface area contributed by atoms with E-state index in [2.05, 4.69) is 54.5 Å². The molecule has 4 rings (SSSR count). The second-order valence-electron chi connectivity index (χ2n) is 6.73. The number of hydrogen-bond donors (Lipinski definition) is 1. The Morgan fingerprint density at radius 3 is 2.62 bits per heavy atom. The molecular formula is C21H23ClN6O. The first kappa shape index (κ1) is 19.3. The number of halogens is 1. The Balaban J connectivity index is 1.32. The number of nitrogens with zero attached hydrogens (tertiary/aromatic N) is 5. The number of rotatable bonds is 4. The summed E-state index contributed by atoms with van der Waals surface area (Å²) in [4.78, 5) is 13.5. The van der Waals surface area contributed by atoms with Crippen molar-refractivity contribution in [3.8, 4) is 11.4 Å². The molecule has 0 unspecified atom stereocenters. The van der Waals surface area contributed by atoms with Crippen LogP contribution in [0.25, 0.3) is 11.4 Å². The number of para-hydroxylation sites is 1. The Morgan fingerprint density at radius 1 is 1.10 bits per heavy atom. The van der Waals surface area contributed by atoms with Crippen molar-refractivity contribution in [3.05, 3.63) is 65.5 Å². The molecule has 1 N–H and O–H groups in total. The standard InChI is InChI=1S/C21H23ClN6O/c1-23-21(28-12-10-27(11-13-28)18-8-3-2-4-9-18)24-15-19-25-20(26-29-19)16-6-5-7-17(22)14-16/h2-9,14H,10-13,15H2,1H3,(H,23,24). The minimum absolute atomic E-state index is 0.416. The molecule has 0 amide bonds. The van der Waals surface area contributed by atoms with Gasteiger partial charge in [-0.15, -0.1) is 0 Å². The molecule has 0 saturated carbocycles. The van der Waals surface area contributed by atoms with Crippen molar-refractivity contribution in [1.29, 1.82) is 0 Å². The van der Waals surface area contributed by atoms with E-state index in [-0.39, 0.29) is 0 Å². The zero-order valence-corrected chi connectivity index (χ0v) is 17.0. The van der Waals surface area contributed by atoms with E-state index in [1.165, 1.54) is 5.69 Å². The predicted octanol–water partition coefficient (Wildman–Crippen LogP) is 3.29. The number of hydrogen-bond acceptors (Lipinski definition) is 5. The van der Waals surface area contributed by atoms with Gasteiger partial charge >= 0.3 is 0 Å². The second kappa shape index (κ2) is 8.96. The number of aliphatic imine (C=N–C) groups is 1. The highest BCUT2D eigenvalue weighted by atomic mass is 35.5. The third-order valence-corrected chi connectivity index (χ3v) is 5.10. The van der Waals surface area contributed by atoms with Crippen molar-refractivity contribution < 1.29 is 4.52 Å². The van der Waals surface area contributed by atoms with Gasteiger partial charge in [0.25, 0.3) is 0 Å². The van der Waals surface area contributed by atoms with E-state index in [1.54, 1.807) is 7.05 Å². The molecule has 7 nitrogen and oxygen atoms in total. The fourth-order valence-electron chi connectivity index (χ4n) is 3.37. The summed E-state index contributed by atoms with van der Waals surface area (Å²) in [5.41, 5.74) is 2.09. The summed E-state index contributed by atoms with van der Waals surface area (Å²) >= 11 is 6.04. The Morgan fingerprint density at radius 2 is 1.90 bits per heavy atom. The summed E-state index contributed by atoms with van der Waals surface area (Å²) < 4.78 is 5.37. The maximum absolute atomic E-state index is 6.04. The molecule has 2 aromatic carbocycles. The number of benzene rings is 2. The number of guanidine groups is 1. The minimum atomic E-state index is 0.416. The molecule has 0 aliphatic carbocycles. The van der Waals surface area contributed by atoms with Crippen molar-refractivity contribution in [2.45, 2.75) is 6.54 Å². The summed E-state index contributed by atoms with van der Waals surface area (Å²) in [6, 6.07) is 17.9. The molecule has 1 aliphatic rings. The highest BCUT2D eigenvalue weighted by Gasteiger charge is 2.20. The summed E-state index contributed by atoms with van der Waals surface area (Å²) in [7, 11) is 1.79. The highest BCUT2D eigenvalue weighted by molar-refractivity contribution is 6.30. The number of aromatic nitrogens is 2. The third kappa shape index (κ3) is 4.68. The summed E-state index contributed by atoms with van der Waals surface area (Å²) in [6.45, 7) is 4.10. The molecule has 0 radical (unpaired) electrons. The molecule has 1 saturated heterocycles. The molecule has 1 aromatic heterocycles. The van der Waals surface area contributed by atoms with E-state index >= 15 is 0 Å². The lowest BCUT2D eigenvalue weighted by molar-refractivity contribution is 0.355. The first-order chi connectivity index (χ1) is 14.2. The van der Waals surface area contributed by atoms with Crippen LogP contribution in [-0.2, 0) is 6.54 Å². The zero-order valence-electron chi connectivity index (χ0n) is 16.3. The first-order valence-electron chi connectivity index (χ1n) is 9.57. The predicted molar refractivity (Wildman–Crippen MR) is 115 cm³/mol. The molecule has 0 spiro atoms. The molecule has 8 heteroatoms. The van der Waals surface area contributed by atoms with Gasteiger partial charge in [0.2, 0.25) is 11.7 Å². The van der Waals surface area contributed by atoms with Gasteiger partial charge in [-0.05, 0) is 24.3 Å². The van der Waals surface area contributed by atoms with Crippen LogP contribution in [0.4, 0.5) is 5.69 Å². The van der Waals surface area contributed by atoms with Gasteiger partial charge < -0.3 is 19.6 Å². The topological polar surface area (TPSA) is 69.8 Å². The highest BCUT2D eigenvalue weighted by Crippen LogP contribution is 2.20. The molecule has 2 heterocycles. The van der Waals surface area contributed by atoms with E-state index in [0.29, 0.717) is 23.3 Å². The van der Waals surface area contributed by atoms with E-state index in [1.807, 2.05) is 30.3 Å². The maximum Gasteiger partial charge on any atom is 0.246 e. The molecular weight excluding hydrogens is 388 g/mol. The molecule has 1 aliphatic heterocycles. The van der Waals surface area contributed by atoms with E-state index in [9.17, 15) is 0 Å². The van der Waals surface area contributed by atoms with Crippen LogP contribution in [0.2, 0.25) is 5.02 Å². The third-order valence-electron chi connectivity index (χ3n) is 4.86. The normalized spacial score (nSPS) is 14.9. The van der Waals surface area contributed by atoms with E-state index in [4.69, 9.17) is 16.1 Å². The average Bonchev–Trinajstić information content (AvgIpc) is 3.24. The second-order valence-corrected chi connectivity index (χ2v) is 7.17. The van der Waals surface area contributed by atoms with Gasteiger partial charge in [0.1, 0.15) is 0 Å². The van der Waals surface area contributed by atoms with Crippen molar-refractivity contribution in [2.75, 3.05) is 38.1 Å². The van der Waals surface area contributed by atoms with Crippen molar-refractivity contribution >= 4 is 23.2 Å². The van der Waals surface area contributed by atoms with Crippen LogP contribution < -0.4 is 10.2 Å². The SMILES string of the molecule is CN=C(NCc1nc(-c2cccc(Cl)c2)no1)N1CCN(c2ccccc2)CC1. The Kier molecular flexibility index (Phi) is 5.95. The largest absolute Gasteiger partial charge is 0.368 e. The fourth-order valence-corrected chi connectivity index (χ4v) is 3.56. The van der Waals surface area contributed by atoms with Crippen LogP contribution in [0, 0.1) is 0 Å². The fraction of sp³-hybridized carbons (Fsp3) is 0.286. The minimum Gasteiger partial charge on any atom is -0.368 e. The van der Waals surface area contributed by atoms with Crippen LogP contribution in [0.1, 0.15) is 5.89 Å². The lowest BCUT2D eigenvalue weighted by Gasteiger charge is -2.37. The van der Waals surface area contributed by atoms with Crippen LogP contribution >= 0.6 is 11.6 Å². The Labute approximate surface area is 175 Å². The van der Waals surface area contributed by atoms with Crippen molar-refractivity contribution in [1.82, 2.24) is 20.4 Å². The van der Waals surface area contributed by atoms with Gasteiger partial charge in [0.15, 0.2) is 5.96 Å². The number of anilines is 1. The zero-order chi connectivity index (χ0) is 20.1. The molecule has 1 fully saturated rings. The lowest BCUT2D eigenvalue weighted by Crippen LogP contribution is -2.52. The van der Waals surface area contributed by atoms with Crippen LogP contribution in [-0.4, -0.2) is 54.2 Å². The van der Waals surface area contributed by atoms with E-state index in [0.717, 1.165) is 37.7 Å². The maximum atomic E-state index is 6.04. The van der Waals surface area contributed by atoms with Gasteiger partial charge in [-0.2, -0.15) is 4.98 Å². The summed E-state index contributed by atoms with van der Waals surface area (Å²) in [5, 5.41) is 8.00. The lowest BCUT2D eigenvalue weighted by atomic mass is 10.2. The molecule has 29 heavy (non-hydrogen) atoms. The number of nitrogens with one attached hydrogen (secondary N) is 1. The average molecular weight is 411 g/mol. The smallest absolute Gasteiger partial charge is 0.246 e. The van der Waals surface area contributed by atoms with Crippen LogP contribution in [0.5, 0.6) is 0 Å². The molecule has 3 aromatic rings. The van der Waals surface area contributed by atoms with Gasteiger partial charge in [0.05, 0.1) is 6.54 Å². The van der Waals surface area contributed by atoms with Gasteiger partial charge in [-0.25, -0.2) is 0 Å². The van der Waals surface area contributed by atoms with Gasteiger partial charge in [-0.3, -0.25) is 4.99 Å². The molecule has 0 bridgehead atoms.